The number of hydrogen-bond acceptors (Lipinski definition) is 3. The lowest BCUT2D eigenvalue weighted by Gasteiger charge is -2.14. The standard InChI is InChI=1S/C17H17BrClNO3/c1-3-8-23-16-14(19)9-11(10-15(16)22-2)17(21)20-13-6-4-12(18)5-7-13/h4-7,9-10H,3,8H2,1-2H3,(H,20,21). The number of benzene rings is 2. The molecule has 6 heteroatoms. The van der Waals surface area contributed by atoms with Crippen LogP contribution in [0.5, 0.6) is 11.5 Å². The van der Waals surface area contributed by atoms with E-state index in [-0.39, 0.29) is 5.91 Å². The molecule has 23 heavy (non-hydrogen) atoms. The first kappa shape index (κ1) is 17.6. The minimum Gasteiger partial charge on any atom is -0.493 e. The first-order valence-corrected chi connectivity index (χ1v) is 8.29. The van der Waals surface area contributed by atoms with Crippen LogP contribution in [-0.4, -0.2) is 19.6 Å². The molecule has 1 N–H and O–H groups in total. The van der Waals surface area contributed by atoms with Gasteiger partial charge >= 0.3 is 0 Å². The number of nitrogens with one attached hydrogen (secondary N) is 1. The first-order valence-electron chi connectivity index (χ1n) is 7.12. The fourth-order valence-electron chi connectivity index (χ4n) is 1.93. The second-order valence-corrected chi connectivity index (χ2v) is 6.12. The average molecular weight is 399 g/mol. The molecule has 4 nitrogen and oxygen atoms in total. The van der Waals surface area contributed by atoms with Crippen LogP contribution in [0.4, 0.5) is 5.69 Å². The molecular weight excluding hydrogens is 382 g/mol. The topological polar surface area (TPSA) is 47.6 Å². The number of anilines is 1. The third kappa shape index (κ3) is 4.62. The zero-order valence-corrected chi connectivity index (χ0v) is 15.2. The van der Waals surface area contributed by atoms with Crippen LogP contribution in [-0.2, 0) is 0 Å². The summed E-state index contributed by atoms with van der Waals surface area (Å²) in [6.45, 7) is 2.53. The molecule has 0 saturated heterocycles. The molecule has 0 aliphatic heterocycles. The maximum atomic E-state index is 12.4. The first-order chi connectivity index (χ1) is 11.0. The number of ether oxygens (including phenoxy) is 2. The normalized spacial score (nSPS) is 10.3. The van der Waals surface area contributed by atoms with Crippen molar-refractivity contribution in [1.29, 1.82) is 0 Å². The minimum absolute atomic E-state index is 0.269. The van der Waals surface area contributed by atoms with Gasteiger partial charge in [-0.25, -0.2) is 0 Å². The van der Waals surface area contributed by atoms with E-state index in [0.29, 0.717) is 34.4 Å². The molecule has 0 aromatic heterocycles. The van der Waals surface area contributed by atoms with E-state index >= 15 is 0 Å². The molecule has 0 heterocycles. The number of halogens is 2. The number of hydrogen-bond donors (Lipinski definition) is 1. The lowest BCUT2D eigenvalue weighted by Crippen LogP contribution is -2.12. The Labute approximate surface area is 148 Å². The molecule has 2 rings (SSSR count). The van der Waals surface area contributed by atoms with E-state index < -0.39 is 0 Å². The lowest BCUT2D eigenvalue weighted by atomic mass is 10.1. The highest BCUT2D eigenvalue weighted by Crippen LogP contribution is 2.36. The Bertz CT molecular complexity index is 689. The molecule has 0 atom stereocenters. The Morgan fingerprint density at radius 3 is 2.57 bits per heavy atom. The van der Waals surface area contributed by atoms with E-state index in [4.69, 9.17) is 21.1 Å². The van der Waals surface area contributed by atoms with E-state index in [2.05, 4.69) is 21.2 Å². The molecular formula is C17H17BrClNO3. The van der Waals surface area contributed by atoms with Gasteiger partial charge in [0.15, 0.2) is 11.5 Å². The Kier molecular flexibility index (Phi) is 6.30. The lowest BCUT2D eigenvalue weighted by molar-refractivity contribution is 0.102. The fraction of sp³-hybridized carbons (Fsp3) is 0.235. The molecule has 0 spiro atoms. The van der Waals surface area contributed by atoms with Crippen molar-refractivity contribution < 1.29 is 14.3 Å². The molecule has 0 bridgehead atoms. The number of methoxy groups -OCH3 is 1. The highest BCUT2D eigenvalue weighted by Gasteiger charge is 2.16. The monoisotopic (exact) mass is 397 g/mol. The van der Waals surface area contributed by atoms with Crippen molar-refractivity contribution in [2.24, 2.45) is 0 Å². The van der Waals surface area contributed by atoms with Crippen LogP contribution in [0.3, 0.4) is 0 Å². The quantitative estimate of drug-likeness (QED) is 0.732. The number of amides is 1. The van der Waals surface area contributed by atoms with Gasteiger partial charge in [0, 0.05) is 15.7 Å². The van der Waals surface area contributed by atoms with Crippen molar-refractivity contribution in [2.75, 3.05) is 19.0 Å². The zero-order valence-electron chi connectivity index (χ0n) is 12.9. The molecule has 0 fully saturated rings. The number of rotatable bonds is 6. The molecule has 0 saturated carbocycles. The van der Waals surface area contributed by atoms with E-state index in [0.717, 1.165) is 10.9 Å². The second kappa shape index (κ2) is 8.22. The van der Waals surface area contributed by atoms with E-state index in [1.807, 2.05) is 19.1 Å². The molecule has 0 aliphatic rings. The van der Waals surface area contributed by atoms with Gasteiger partial charge in [-0.05, 0) is 42.8 Å². The van der Waals surface area contributed by atoms with Gasteiger partial charge in [-0.3, -0.25) is 4.79 Å². The summed E-state index contributed by atoms with van der Waals surface area (Å²) in [6.07, 6.45) is 0.852. The summed E-state index contributed by atoms with van der Waals surface area (Å²) in [5.41, 5.74) is 1.10. The van der Waals surface area contributed by atoms with Gasteiger partial charge in [-0.15, -0.1) is 0 Å². The third-order valence-corrected chi connectivity index (χ3v) is 3.85. The summed E-state index contributed by atoms with van der Waals surface area (Å²) < 4.78 is 11.8. The second-order valence-electron chi connectivity index (χ2n) is 4.80. The van der Waals surface area contributed by atoms with Crippen molar-refractivity contribution >= 4 is 39.1 Å². The maximum absolute atomic E-state index is 12.4. The number of carbonyl (C=O) groups is 1. The Hall–Kier alpha value is -1.72. The van der Waals surface area contributed by atoms with Crippen molar-refractivity contribution in [1.82, 2.24) is 0 Å². The van der Waals surface area contributed by atoms with Crippen LogP contribution in [0, 0.1) is 0 Å². The fourth-order valence-corrected chi connectivity index (χ4v) is 2.46. The smallest absolute Gasteiger partial charge is 0.255 e. The summed E-state index contributed by atoms with van der Waals surface area (Å²) in [7, 11) is 1.51. The average Bonchev–Trinajstić information content (AvgIpc) is 2.55. The SMILES string of the molecule is CCCOc1c(Cl)cc(C(=O)Nc2ccc(Br)cc2)cc1OC. The van der Waals surface area contributed by atoms with Gasteiger partial charge < -0.3 is 14.8 Å². The van der Waals surface area contributed by atoms with Gasteiger partial charge in [0.25, 0.3) is 5.91 Å². The highest BCUT2D eigenvalue weighted by molar-refractivity contribution is 9.10. The van der Waals surface area contributed by atoms with Gasteiger partial charge in [0.05, 0.1) is 18.7 Å². The van der Waals surface area contributed by atoms with Gasteiger partial charge in [0.1, 0.15) is 0 Å². The zero-order chi connectivity index (χ0) is 16.8. The van der Waals surface area contributed by atoms with Crippen LogP contribution < -0.4 is 14.8 Å². The predicted molar refractivity (Wildman–Crippen MR) is 95.9 cm³/mol. The molecule has 0 aliphatic carbocycles. The molecule has 0 radical (unpaired) electrons. The number of carbonyl (C=O) groups excluding carboxylic acids is 1. The van der Waals surface area contributed by atoms with Gasteiger partial charge in [-0.2, -0.15) is 0 Å². The summed E-state index contributed by atoms with van der Waals surface area (Å²) >= 11 is 9.58. The van der Waals surface area contributed by atoms with Crippen LogP contribution in [0.15, 0.2) is 40.9 Å². The Morgan fingerprint density at radius 2 is 1.96 bits per heavy atom. The third-order valence-electron chi connectivity index (χ3n) is 3.04. The van der Waals surface area contributed by atoms with Crippen LogP contribution >= 0.6 is 27.5 Å². The van der Waals surface area contributed by atoms with Crippen molar-refractivity contribution in [3.63, 3.8) is 0 Å². The summed E-state index contributed by atoms with van der Waals surface area (Å²) in [6, 6.07) is 10.5. The van der Waals surface area contributed by atoms with Crippen molar-refractivity contribution in [3.8, 4) is 11.5 Å². The minimum atomic E-state index is -0.269. The highest BCUT2D eigenvalue weighted by atomic mass is 79.9. The maximum Gasteiger partial charge on any atom is 0.255 e. The van der Waals surface area contributed by atoms with E-state index in [1.54, 1.807) is 24.3 Å². The van der Waals surface area contributed by atoms with E-state index in [1.165, 1.54) is 7.11 Å². The predicted octanol–water partition coefficient (Wildman–Crippen LogP) is 5.15. The molecule has 2 aromatic rings. The van der Waals surface area contributed by atoms with Crippen LogP contribution in [0.1, 0.15) is 23.7 Å². The Balaban J connectivity index is 2.23. The Morgan fingerprint density at radius 1 is 1.26 bits per heavy atom. The largest absolute Gasteiger partial charge is 0.493 e. The van der Waals surface area contributed by atoms with E-state index in [9.17, 15) is 4.79 Å². The summed E-state index contributed by atoms with van der Waals surface area (Å²) in [4.78, 5) is 12.4. The molecule has 0 unspecified atom stereocenters. The molecule has 1 amide bonds. The van der Waals surface area contributed by atoms with Crippen molar-refractivity contribution in [2.45, 2.75) is 13.3 Å². The van der Waals surface area contributed by atoms with Crippen LogP contribution in [0.2, 0.25) is 5.02 Å². The molecule has 2 aromatic carbocycles. The van der Waals surface area contributed by atoms with Gasteiger partial charge in [-0.1, -0.05) is 34.5 Å². The molecule has 122 valence electrons. The summed E-state index contributed by atoms with van der Waals surface area (Å²) in [5, 5.41) is 3.16. The summed E-state index contributed by atoms with van der Waals surface area (Å²) in [5.74, 6) is 0.623. The van der Waals surface area contributed by atoms with Crippen LogP contribution in [0.25, 0.3) is 0 Å². The van der Waals surface area contributed by atoms with Gasteiger partial charge in [0.2, 0.25) is 0 Å². The van der Waals surface area contributed by atoms with Crippen molar-refractivity contribution in [3.05, 3.63) is 51.5 Å².